The van der Waals surface area contributed by atoms with Gasteiger partial charge in [-0.15, -0.1) is 0 Å². The first-order valence-corrected chi connectivity index (χ1v) is 39.2. The van der Waals surface area contributed by atoms with Crippen LogP contribution in [0, 0.1) is 120 Å². The Morgan fingerprint density at radius 1 is 0.292 bits per heavy atom. The summed E-state index contributed by atoms with van der Waals surface area (Å²) in [4.78, 5) is 24.6. The number of aryl methyl sites for hydroxylation is 2. The van der Waals surface area contributed by atoms with E-state index in [2.05, 4.69) is 68.9 Å². The van der Waals surface area contributed by atoms with Crippen molar-refractivity contribution < 1.29 is 30.4 Å². The molecule has 1 heterocycles. The molecular weight excluding hydrogens is 1100 g/mol. The van der Waals surface area contributed by atoms with E-state index in [1.165, 1.54) is 242 Å². The quantitative estimate of drug-likeness (QED) is 0.119. The van der Waals surface area contributed by atoms with Gasteiger partial charge in [-0.05, 0) is 343 Å². The minimum Gasteiger partial charge on any atom is -0.252 e. The molecule has 3 N–H and O–H groups in total. The Labute approximate surface area is 545 Å². The van der Waals surface area contributed by atoms with Crippen molar-refractivity contribution in [2.75, 3.05) is 0 Å². The molecule has 0 radical (unpaired) electrons. The normalized spacial score (nSPS) is 39.2. The first kappa shape index (κ1) is 71.4. The van der Waals surface area contributed by atoms with Gasteiger partial charge in [0.15, 0.2) is 0 Å². The van der Waals surface area contributed by atoms with E-state index in [-0.39, 0.29) is 18.3 Å². The number of hydrogen-bond acceptors (Lipinski definition) is 8. The third-order valence-corrected chi connectivity index (χ3v) is 27.6. The molecule has 2 atom stereocenters. The summed E-state index contributed by atoms with van der Waals surface area (Å²) in [6.07, 6.45) is 57.8. The highest BCUT2D eigenvalue weighted by Crippen LogP contribution is 2.50. The van der Waals surface area contributed by atoms with Gasteiger partial charge >= 0.3 is 0 Å². The molecule has 506 valence electrons. The summed E-state index contributed by atoms with van der Waals surface area (Å²) in [5.41, 5.74) is 3.96. The standard InChI is InChI=1S/C27H48O2.C27H42O2.C25H40N2O2.C2H6/c2*1-19-3-7-21(8-4-19)23-11-15-25(16-12-23)27(29-28)26-17-13-24(14-18-26)22-9-5-20(2)6-10-22;1-17-3-5-19(6-4-17)20-7-9-21(10-8-20)24(29-28)22-11-13-23(14-12-22)25-26-15-18(2)16-27-25;1-2/h19-28H,3-18H2,1-2H3;3-4,7-8,20,22-28H,5-6,9-18H2,1-2H3;15-17,19-24,28H,3-14H2,1-2H3;1-2H3. The van der Waals surface area contributed by atoms with Gasteiger partial charge in [-0.1, -0.05) is 123 Å². The second-order valence-corrected chi connectivity index (χ2v) is 33.2. The zero-order chi connectivity index (χ0) is 62.7. The SMILES string of the molecule is CC.CC1CCC(C2CCC(C(OO)C3CCC(C4CCC(C)CC4)CC3)CC2)CC1.Cc1ccc(C2CCC(C(OO)C3CCC(C4CCC(C)CC4)CC3)CC2)cc1.Cc1cnc(C2CCC(C(OO)C3CCC(C4CCC(C)CC4)CC3)CC2)nc1. The molecular formula is C81H136N2O6. The highest BCUT2D eigenvalue weighted by molar-refractivity contribution is 5.25. The molecule has 2 unspecified atom stereocenters. The molecule has 2 aromatic rings. The third-order valence-electron chi connectivity index (χ3n) is 27.6. The van der Waals surface area contributed by atoms with Crippen LogP contribution in [-0.2, 0) is 14.7 Å². The summed E-state index contributed by atoms with van der Waals surface area (Å²) in [5.74, 6) is 17.0. The van der Waals surface area contributed by atoms with E-state index >= 15 is 0 Å². The van der Waals surface area contributed by atoms with Crippen LogP contribution in [0.5, 0.6) is 0 Å². The van der Waals surface area contributed by atoms with Crippen LogP contribution in [0.2, 0.25) is 0 Å². The molecule has 10 saturated carbocycles. The second-order valence-electron chi connectivity index (χ2n) is 33.2. The number of rotatable bonds is 15. The van der Waals surface area contributed by atoms with E-state index in [4.69, 9.17) is 14.7 Å². The van der Waals surface area contributed by atoms with Crippen LogP contribution in [0.25, 0.3) is 0 Å². The first-order chi connectivity index (χ1) is 43.4. The van der Waals surface area contributed by atoms with Gasteiger partial charge in [0, 0.05) is 18.3 Å². The van der Waals surface area contributed by atoms with Gasteiger partial charge in [-0.2, -0.15) is 0 Å². The Kier molecular flexibility index (Phi) is 29.5. The maximum absolute atomic E-state index is 9.82. The largest absolute Gasteiger partial charge is 0.252 e. The number of nitrogens with zero attached hydrogens (tertiary/aromatic N) is 2. The van der Waals surface area contributed by atoms with Gasteiger partial charge in [0.05, 0.1) is 18.3 Å². The molecule has 0 amide bonds. The number of aromatic nitrogens is 2. The monoisotopic (exact) mass is 1230 g/mol. The Bertz CT molecular complexity index is 2010. The molecule has 0 bridgehead atoms. The average Bonchev–Trinajstić information content (AvgIpc) is 3.77. The second kappa shape index (κ2) is 36.8. The van der Waals surface area contributed by atoms with Gasteiger partial charge in [0.1, 0.15) is 5.82 Å². The van der Waals surface area contributed by atoms with Crippen molar-refractivity contribution in [3.05, 3.63) is 59.2 Å². The Morgan fingerprint density at radius 2 is 0.506 bits per heavy atom. The van der Waals surface area contributed by atoms with Gasteiger partial charge in [0.2, 0.25) is 0 Å². The molecule has 10 aliphatic carbocycles. The molecule has 1 aromatic heterocycles. The molecule has 0 spiro atoms. The Hall–Kier alpha value is -1.94. The molecule has 0 saturated heterocycles. The van der Waals surface area contributed by atoms with Gasteiger partial charge in [0.25, 0.3) is 0 Å². The number of benzene rings is 1. The molecule has 8 heteroatoms. The van der Waals surface area contributed by atoms with E-state index in [9.17, 15) is 15.8 Å². The predicted octanol–water partition coefficient (Wildman–Crippen LogP) is 23.4. The Balaban J connectivity index is 0.000000156. The molecule has 1 aromatic carbocycles. The van der Waals surface area contributed by atoms with Crippen molar-refractivity contribution >= 4 is 0 Å². The zero-order valence-corrected chi connectivity index (χ0v) is 58.5. The van der Waals surface area contributed by atoms with Crippen LogP contribution >= 0.6 is 0 Å². The summed E-state index contributed by atoms with van der Waals surface area (Å²) in [6.45, 7) is 17.9. The lowest BCUT2D eigenvalue weighted by Gasteiger charge is -2.42. The summed E-state index contributed by atoms with van der Waals surface area (Å²) >= 11 is 0. The number of hydrogen-bond donors (Lipinski definition) is 3. The van der Waals surface area contributed by atoms with Crippen LogP contribution in [0.3, 0.4) is 0 Å². The van der Waals surface area contributed by atoms with Crippen LogP contribution in [0.1, 0.15) is 333 Å². The van der Waals surface area contributed by atoms with E-state index in [0.717, 1.165) is 108 Å². The van der Waals surface area contributed by atoms with Crippen molar-refractivity contribution in [2.24, 2.45) is 107 Å². The lowest BCUT2D eigenvalue weighted by Crippen LogP contribution is -2.38. The van der Waals surface area contributed by atoms with Crippen LogP contribution in [0.15, 0.2) is 36.7 Å². The van der Waals surface area contributed by atoms with E-state index in [1.807, 2.05) is 33.2 Å². The van der Waals surface area contributed by atoms with Gasteiger partial charge in [-0.25, -0.2) is 24.6 Å². The highest BCUT2D eigenvalue weighted by atomic mass is 17.1. The third kappa shape index (κ3) is 20.5. The maximum Gasteiger partial charge on any atom is 0.131 e. The molecule has 89 heavy (non-hydrogen) atoms. The zero-order valence-electron chi connectivity index (χ0n) is 58.5. The Morgan fingerprint density at radius 3 is 0.742 bits per heavy atom. The molecule has 10 aliphatic rings. The summed E-state index contributed by atoms with van der Waals surface area (Å²) in [5, 5.41) is 29.4. The van der Waals surface area contributed by atoms with Gasteiger partial charge in [-0.3, -0.25) is 15.8 Å². The maximum atomic E-state index is 9.82. The van der Waals surface area contributed by atoms with Crippen molar-refractivity contribution in [3.63, 3.8) is 0 Å². The molecule has 0 aliphatic heterocycles. The molecule has 12 rings (SSSR count). The van der Waals surface area contributed by atoms with Gasteiger partial charge < -0.3 is 0 Å². The van der Waals surface area contributed by atoms with Crippen molar-refractivity contribution in [3.8, 4) is 0 Å². The van der Waals surface area contributed by atoms with E-state index < -0.39 is 0 Å². The lowest BCUT2D eigenvalue weighted by molar-refractivity contribution is -0.307. The van der Waals surface area contributed by atoms with Crippen molar-refractivity contribution in [1.82, 2.24) is 9.97 Å². The smallest absolute Gasteiger partial charge is 0.131 e. The van der Waals surface area contributed by atoms with E-state index in [0.29, 0.717) is 47.3 Å². The summed E-state index contributed by atoms with van der Waals surface area (Å²) < 4.78 is 0. The van der Waals surface area contributed by atoms with Crippen molar-refractivity contribution in [1.29, 1.82) is 0 Å². The predicted molar refractivity (Wildman–Crippen MR) is 367 cm³/mol. The topological polar surface area (TPSA) is 114 Å². The molecule has 10 fully saturated rings. The van der Waals surface area contributed by atoms with Crippen LogP contribution in [0.4, 0.5) is 0 Å². The highest BCUT2D eigenvalue weighted by Gasteiger charge is 2.43. The van der Waals surface area contributed by atoms with Crippen molar-refractivity contribution in [2.45, 2.75) is 342 Å². The fraction of sp³-hybridized carbons (Fsp3) is 0.877. The van der Waals surface area contributed by atoms with E-state index in [1.54, 1.807) is 0 Å². The molecule has 8 nitrogen and oxygen atoms in total. The lowest BCUT2D eigenvalue weighted by atomic mass is 9.65. The average molecular weight is 1230 g/mol. The minimum absolute atomic E-state index is 0.0298. The summed E-state index contributed by atoms with van der Waals surface area (Å²) in [7, 11) is 0. The fourth-order valence-electron chi connectivity index (χ4n) is 21.4. The van der Waals surface area contributed by atoms with Crippen LogP contribution in [-0.4, -0.2) is 44.1 Å². The fourth-order valence-corrected chi connectivity index (χ4v) is 21.4. The minimum atomic E-state index is 0.0298. The summed E-state index contributed by atoms with van der Waals surface area (Å²) in [6, 6.07) is 9.11. The first-order valence-electron chi connectivity index (χ1n) is 39.2. The van der Waals surface area contributed by atoms with Crippen LogP contribution < -0.4 is 0 Å².